The molecule has 1 unspecified atom stereocenters. The van der Waals surface area contributed by atoms with Crippen LogP contribution >= 0.6 is 0 Å². The molecule has 104 valence electrons. The molecule has 3 nitrogen and oxygen atoms in total. The Morgan fingerprint density at radius 3 is 2.06 bits per heavy atom. The lowest BCUT2D eigenvalue weighted by Gasteiger charge is -2.26. The minimum atomic E-state index is -5.55. The number of halogens is 6. The Kier molecular flexibility index (Phi) is 3.94. The highest BCUT2D eigenvalue weighted by Crippen LogP contribution is 2.41. The number of aryl methyl sites for hydroxylation is 1. The van der Waals surface area contributed by atoms with Gasteiger partial charge in [-0.2, -0.15) is 31.4 Å². The summed E-state index contributed by atoms with van der Waals surface area (Å²) in [5, 5.41) is 12.8. The average Bonchev–Trinajstić information content (AvgIpc) is 2.44. The molecule has 0 amide bonds. The predicted octanol–water partition coefficient (Wildman–Crippen LogP) is 2.06. The van der Waals surface area contributed by atoms with E-state index in [9.17, 15) is 26.3 Å². The summed E-state index contributed by atoms with van der Waals surface area (Å²) in [5.74, 6) is -3.77. The topological polar surface area (TPSA) is 38.0 Å². The molecular weight excluding hydrogens is 266 g/mol. The van der Waals surface area contributed by atoms with E-state index in [0.29, 0.717) is 0 Å². The van der Waals surface area contributed by atoms with Crippen molar-refractivity contribution >= 4 is 0 Å². The molecular formula is C9H10F6N2O. The molecule has 0 aliphatic carbocycles. The molecule has 18 heavy (non-hydrogen) atoms. The zero-order valence-corrected chi connectivity index (χ0v) is 9.13. The molecule has 0 fully saturated rings. The van der Waals surface area contributed by atoms with Gasteiger partial charge in [0.2, 0.25) is 0 Å². The fraction of sp³-hybridized carbons (Fsp3) is 0.667. The van der Waals surface area contributed by atoms with Gasteiger partial charge in [0.05, 0.1) is 11.8 Å². The number of aliphatic hydroxyl groups excluding tert-OH is 1. The summed E-state index contributed by atoms with van der Waals surface area (Å²) in [5.41, 5.74) is -0.0384. The van der Waals surface area contributed by atoms with Gasteiger partial charge < -0.3 is 5.11 Å². The molecule has 0 saturated heterocycles. The van der Waals surface area contributed by atoms with Crippen molar-refractivity contribution in [1.29, 1.82) is 0 Å². The number of alkyl halides is 6. The van der Waals surface area contributed by atoms with Gasteiger partial charge in [0, 0.05) is 19.7 Å². The maximum absolute atomic E-state index is 12.3. The van der Waals surface area contributed by atoms with Crippen LogP contribution in [0.25, 0.3) is 0 Å². The van der Waals surface area contributed by atoms with Crippen LogP contribution in [0.3, 0.4) is 0 Å². The first-order chi connectivity index (χ1) is 8.01. The van der Waals surface area contributed by atoms with Crippen LogP contribution in [0.1, 0.15) is 5.69 Å². The van der Waals surface area contributed by atoms with Crippen molar-refractivity contribution in [2.75, 3.05) is 0 Å². The first kappa shape index (κ1) is 14.8. The van der Waals surface area contributed by atoms with Crippen LogP contribution in [0.4, 0.5) is 26.3 Å². The Labute approximate surface area is 98.0 Å². The summed E-state index contributed by atoms with van der Waals surface area (Å²) >= 11 is 0. The van der Waals surface area contributed by atoms with Crippen molar-refractivity contribution < 1.29 is 31.4 Å². The van der Waals surface area contributed by atoms with Crippen molar-refractivity contribution in [3.8, 4) is 0 Å². The molecule has 0 radical (unpaired) electrons. The van der Waals surface area contributed by atoms with E-state index < -0.39 is 30.8 Å². The van der Waals surface area contributed by atoms with Gasteiger partial charge in [-0.05, 0) is 6.07 Å². The Bertz CT molecular complexity index is 382. The second kappa shape index (κ2) is 4.79. The van der Waals surface area contributed by atoms with Crippen molar-refractivity contribution in [1.82, 2.24) is 9.78 Å². The molecule has 1 atom stereocenters. The Morgan fingerprint density at radius 1 is 1.22 bits per heavy atom. The van der Waals surface area contributed by atoms with Crippen LogP contribution in [0.5, 0.6) is 0 Å². The van der Waals surface area contributed by atoms with Gasteiger partial charge in [-0.15, -0.1) is 0 Å². The van der Waals surface area contributed by atoms with Crippen LogP contribution in [0, 0.1) is 5.92 Å². The normalized spacial score (nSPS) is 15.2. The van der Waals surface area contributed by atoms with E-state index in [4.69, 9.17) is 5.11 Å². The fourth-order valence-corrected chi connectivity index (χ4v) is 1.53. The van der Waals surface area contributed by atoms with Gasteiger partial charge >= 0.3 is 12.4 Å². The minimum absolute atomic E-state index is 0.0384. The van der Waals surface area contributed by atoms with E-state index in [-0.39, 0.29) is 5.69 Å². The fourth-order valence-electron chi connectivity index (χ4n) is 1.53. The summed E-state index contributed by atoms with van der Waals surface area (Å²) in [4.78, 5) is 0. The summed E-state index contributed by atoms with van der Waals surface area (Å²) in [6.45, 7) is 0. The van der Waals surface area contributed by atoms with Gasteiger partial charge in [0.15, 0.2) is 5.92 Å². The highest BCUT2D eigenvalue weighted by Gasteiger charge is 2.60. The molecule has 9 heteroatoms. The van der Waals surface area contributed by atoms with E-state index in [1.54, 1.807) is 0 Å². The number of hydrogen-bond donors (Lipinski definition) is 1. The molecule has 0 aliphatic heterocycles. The smallest absolute Gasteiger partial charge is 0.392 e. The lowest BCUT2D eigenvalue weighted by molar-refractivity contribution is -0.305. The second-order valence-corrected chi connectivity index (χ2v) is 3.81. The number of aromatic nitrogens is 2. The Hall–Kier alpha value is -1.25. The first-order valence-electron chi connectivity index (χ1n) is 4.82. The van der Waals surface area contributed by atoms with Gasteiger partial charge in [-0.25, -0.2) is 0 Å². The third-order valence-corrected chi connectivity index (χ3v) is 2.28. The number of hydrogen-bond acceptors (Lipinski definition) is 2. The largest absolute Gasteiger partial charge is 0.403 e. The molecule has 1 aromatic rings. The average molecular weight is 276 g/mol. The van der Waals surface area contributed by atoms with Crippen LogP contribution in [-0.2, 0) is 13.5 Å². The molecule has 1 N–H and O–H groups in total. The predicted molar refractivity (Wildman–Crippen MR) is 48.5 cm³/mol. The van der Waals surface area contributed by atoms with E-state index in [1.165, 1.54) is 24.0 Å². The van der Waals surface area contributed by atoms with E-state index >= 15 is 0 Å². The maximum Gasteiger partial charge on any atom is 0.403 e. The third kappa shape index (κ3) is 3.62. The SMILES string of the molecule is Cn1ccc(CC(O)C(C(F)(F)F)C(F)(F)F)n1. The van der Waals surface area contributed by atoms with E-state index in [1.807, 2.05) is 0 Å². The van der Waals surface area contributed by atoms with Gasteiger partial charge in [0.1, 0.15) is 0 Å². The second-order valence-electron chi connectivity index (χ2n) is 3.81. The molecule has 0 bridgehead atoms. The maximum atomic E-state index is 12.3. The first-order valence-corrected chi connectivity index (χ1v) is 4.82. The summed E-state index contributed by atoms with van der Waals surface area (Å²) in [6.07, 6.45) is -13.2. The Balaban J connectivity index is 2.87. The van der Waals surface area contributed by atoms with Crippen LogP contribution in [-0.4, -0.2) is 33.3 Å². The zero-order valence-electron chi connectivity index (χ0n) is 9.13. The lowest BCUT2D eigenvalue weighted by Crippen LogP contribution is -2.45. The monoisotopic (exact) mass is 276 g/mol. The highest BCUT2D eigenvalue weighted by molar-refractivity contribution is 5.02. The highest BCUT2D eigenvalue weighted by atomic mass is 19.4. The number of rotatable bonds is 3. The van der Waals surface area contributed by atoms with Crippen molar-refractivity contribution in [3.05, 3.63) is 18.0 Å². The van der Waals surface area contributed by atoms with Gasteiger partial charge in [-0.3, -0.25) is 4.68 Å². The quantitative estimate of drug-likeness (QED) is 0.858. The molecule has 0 spiro atoms. The molecule has 1 rings (SSSR count). The molecule has 0 aromatic carbocycles. The van der Waals surface area contributed by atoms with E-state index in [2.05, 4.69) is 5.10 Å². The van der Waals surface area contributed by atoms with Gasteiger partial charge in [-0.1, -0.05) is 0 Å². The van der Waals surface area contributed by atoms with Gasteiger partial charge in [0.25, 0.3) is 0 Å². The van der Waals surface area contributed by atoms with Crippen molar-refractivity contribution in [3.63, 3.8) is 0 Å². The van der Waals surface area contributed by atoms with E-state index in [0.717, 1.165) is 0 Å². The molecule has 0 aliphatic rings. The molecule has 1 heterocycles. The van der Waals surface area contributed by atoms with Crippen LogP contribution in [0.2, 0.25) is 0 Å². The lowest BCUT2D eigenvalue weighted by atomic mass is 9.97. The minimum Gasteiger partial charge on any atom is -0.392 e. The Morgan fingerprint density at radius 2 is 1.72 bits per heavy atom. The zero-order chi connectivity index (χ0) is 14.1. The number of aliphatic hydroxyl groups is 1. The summed E-state index contributed by atoms with van der Waals surface area (Å²) in [7, 11) is 1.46. The number of nitrogens with zero attached hydrogens (tertiary/aromatic N) is 2. The standard InChI is InChI=1S/C9H10F6N2O/c1-17-3-2-5(16-17)4-6(18)7(8(10,11)12)9(13,14)15/h2-3,6-7,18H,4H2,1H3. The summed E-state index contributed by atoms with van der Waals surface area (Å²) < 4.78 is 74.8. The van der Waals surface area contributed by atoms with Crippen LogP contribution < -0.4 is 0 Å². The molecule has 0 saturated carbocycles. The van der Waals surface area contributed by atoms with Crippen molar-refractivity contribution in [2.45, 2.75) is 24.9 Å². The third-order valence-electron chi connectivity index (χ3n) is 2.28. The molecule has 1 aromatic heterocycles. The summed E-state index contributed by atoms with van der Waals surface area (Å²) in [6, 6.07) is 1.24. The van der Waals surface area contributed by atoms with Crippen molar-refractivity contribution in [2.24, 2.45) is 13.0 Å². The van der Waals surface area contributed by atoms with Crippen LogP contribution in [0.15, 0.2) is 12.3 Å².